The molecule has 0 amide bonds. The molecule has 0 aliphatic heterocycles. The lowest BCUT2D eigenvalue weighted by Gasteiger charge is -2.35. The topological polar surface area (TPSA) is 47.6 Å². The van der Waals surface area contributed by atoms with Crippen molar-refractivity contribution in [2.45, 2.75) is 89.4 Å². The summed E-state index contributed by atoms with van der Waals surface area (Å²) in [5.41, 5.74) is 2.34. The number of rotatable bonds is 8. The number of unbranched alkanes of at least 4 members (excludes halogenated alkanes) is 1. The lowest BCUT2D eigenvalue weighted by molar-refractivity contribution is 0.226. The third kappa shape index (κ3) is 7.07. The van der Waals surface area contributed by atoms with Crippen LogP contribution in [0.25, 0.3) is 0 Å². The van der Waals surface area contributed by atoms with E-state index in [1.807, 2.05) is 12.1 Å². The zero-order valence-electron chi connectivity index (χ0n) is 18.7. The maximum atomic E-state index is 13.1. The molecule has 164 valence electrons. The number of allylic oxidation sites excluding steroid dienone is 4. The highest BCUT2D eigenvalue weighted by Crippen LogP contribution is 2.43. The van der Waals surface area contributed by atoms with E-state index >= 15 is 0 Å². The third-order valence-corrected chi connectivity index (χ3v) is 7.54. The van der Waals surface area contributed by atoms with Crippen LogP contribution in [0.15, 0.2) is 48.3 Å². The molecule has 0 saturated heterocycles. The van der Waals surface area contributed by atoms with Crippen LogP contribution >= 0.6 is 0 Å². The Balaban J connectivity index is 1.41. The van der Waals surface area contributed by atoms with Crippen molar-refractivity contribution in [1.82, 2.24) is 0 Å². The van der Waals surface area contributed by atoms with Crippen LogP contribution in [0, 0.1) is 34.0 Å². The van der Waals surface area contributed by atoms with Gasteiger partial charge in [-0.1, -0.05) is 62.8 Å². The molecule has 2 saturated carbocycles. The summed E-state index contributed by atoms with van der Waals surface area (Å²) in [5.74, 6) is 0.792. The van der Waals surface area contributed by atoms with Crippen LogP contribution in [0.3, 0.4) is 0 Å². The zero-order chi connectivity index (χ0) is 21.9. The molecular formula is C28H35FN2. The van der Waals surface area contributed by atoms with Gasteiger partial charge in [0.2, 0.25) is 0 Å². The first-order valence-electron chi connectivity index (χ1n) is 12.1. The van der Waals surface area contributed by atoms with Gasteiger partial charge in [0, 0.05) is 0 Å². The fraction of sp³-hybridized carbons (Fsp3) is 0.571. The SMILES string of the molecule is N#CC(F)=CC=CC1(CCCCC2CCC(c3ccc(C#N)cc3)CC2)CCCCC1. The number of halogens is 1. The Morgan fingerprint density at radius 3 is 2.35 bits per heavy atom. The number of benzene rings is 1. The Morgan fingerprint density at radius 1 is 1.00 bits per heavy atom. The first kappa shape index (κ1) is 23.3. The van der Waals surface area contributed by atoms with Crippen molar-refractivity contribution in [2.75, 3.05) is 0 Å². The van der Waals surface area contributed by atoms with Gasteiger partial charge in [0.15, 0.2) is 5.83 Å². The number of nitriles is 2. The summed E-state index contributed by atoms with van der Waals surface area (Å²) in [4.78, 5) is 0. The van der Waals surface area contributed by atoms with Gasteiger partial charge in [-0.3, -0.25) is 0 Å². The van der Waals surface area contributed by atoms with Crippen LogP contribution in [0.4, 0.5) is 4.39 Å². The predicted molar refractivity (Wildman–Crippen MR) is 124 cm³/mol. The van der Waals surface area contributed by atoms with Gasteiger partial charge in [-0.2, -0.15) is 14.9 Å². The summed E-state index contributed by atoms with van der Waals surface area (Å²) in [5, 5.41) is 17.6. The van der Waals surface area contributed by atoms with Crippen molar-refractivity contribution in [2.24, 2.45) is 11.3 Å². The minimum atomic E-state index is -0.709. The molecule has 31 heavy (non-hydrogen) atoms. The molecule has 2 nitrogen and oxygen atoms in total. The second-order valence-corrected chi connectivity index (χ2v) is 9.61. The lowest BCUT2D eigenvalue weighted by Crippen LogP contribution is -2.21. The predicted octanol–water partition coefficient (Wildman–Crippen LogP) is 8.28. The van der Waals surface area contributed by atoms with Crippen molar-refractivity contribution < 1.29 is 4.39 Å². The highest BCUT2D eigenvalue weighted by atomic mass is 19.1. The molecule has 0 atom stereocenters. The van der Waals surface area contributed by atoms with E-state index in [2.05, 4.69) is 24.3 Å². The summed E-state index contributed by atoms with van der Waals surface area (Å²) in [7, 11) is 0. The number of hydrogen-bond donors (Lipinski definition) is 0. The maximum absolute atomic E-state index is 13.1. The van der Waals surface area contributed by atoms with Crippen LogP contribution in [-0.4, -0.2) is 0 Å². The molecule has 2 fully saturated rings. The molecule has 0 unspecified atom stereocenters. The molecule has 0 aromatic heterocycles. The van der Waals surface area contributed by atoms with Crippen molar-refractivity contribution in [3.8, 4) is 12.1 Å². The normalized spacial score (nSPS) is 23.9. The van der Waals surface area contributed by atoms with Crippen LogP contribution < -0.4 is 0 Å². The molecule has 0 N–H and O–H groups in total. The van der Waals surface area contributed by atoms with Gasteiger partial charge in [-0.15, -0.1) is 0 Å². The van der Waals surface area contributed by atoms with E-state index in [1.54, 1.807) is 12.1 Å². The van der Waals surface area contributed by atoms with Gasteiger partial charge in [-0.05, 0) is 86.0 Å². The fourth-order valence-electron chi connectivity index (χ4n) is 5.65. The highest BCUT2D eigenvalue weighted by Gasteiger charge is 2.29. The molecule has 3 heteroatoms. The first-order chi connectivity index (χ1) is 15.1. The smallest absolute Gasteiger partial charge is 0.195 e. The van der Waals surface area contributed by atoms with Crippen molar-refractivity contribution in [3.63, 3.8) is 0 Å². The number of nitrogens with zero attached hydrogens (tertiary/aromatic N) is 2. The average Bonchev–Trinajstić information content (AvgIpc) is 2.83. The second-order valence-electron chi connectivity index (χ2n) is 9.61. The Kier molecular flexibility index (Phi) is 8.90. The van der Waals surface area contributed by atoms with Crippen LogP contribution in [-0.2, 0) is 0 Å². The standard InChI is InChI=1S/C28H35FN2/c29-27(22-31)8-6-20-28(17-3-1-4-18-28)19-5-2-7-23-9-13-25(14-10-23)26-15-11-24(21-30)12-16-26/h6,8,11-12,15-16,20,23,25H,1-5,7,9-10,13-14,17-19H2. The van der Waals surface area contributed by atoms with E-state index in [0.29, 0.717) is 5.92 Å². The lowest BCUT2D eigenvalue weighted by atomic mass is 9.70. The summed E-state index contributed by atoms with van der Waals surface area (Å²) < 4.78 is 13.1. The minimum absolute atomic E-state index is 0.206. The molecule has 0 heterocycles. The van der Waals surface area contributed by atoms with E-state index in [1.165, 1.54) is 95.1 Å². The molecule has 1 aromatic carbocycles. The van der Waals surface area contributed by atoms with Gasteiger partial charge in [0.1, 0.15) is 6.07 Å². The van der Waals surface area contributed by atoms with Crippen molar-refractivity contribution >= 4 is 0 Å². The quantitative estimate of drug-likeness (QED) is 0.242. The highest BCUT2D eigenvalue weighted by molar-refractivity contribution is 5.33. The van der Waals surface area contributed by atoms with Gasteiger partial charge >= 0.3 is 0 Å². The first-order valence-corrected chi connectivity index (χ1v) is 12.1. The second kappa shape index (κ2) is 11.9. The Bertz CT molecular complexity index is 823. The van der Waals surface area contributed by atoms with Crippen LogP contribution in [0.5, 0.6) is 0 Å². The Hall–Kier alpha value is -2.39. The fourth-order valence-corrected chi connectivity index (χ4v) is 5.65. The molecule has 2 aliphatic rings. The Labute approximate surface area is 187 Å². The monoisotopic (exact) mass is 418 g/mol. The summed E-state index contributed by atoms with van der Waals surface area (Å²) in [6.45, 7) is 0. The average molecular weight is 419 g/mol. The third-order valence-electron chi connectivity index (χ3n) is 7.54. The molecule has 0 radical (unpaired) electrons. The molecule has 3 rings (SSSR count). The largest absolute Gasteiger partial charge is 0.199 e. The van der Waals surface area contributed by atoms with E-state index in [0.717, 1.165) is 11.5 Å². The molecule has 0 bridgehead atoms. The van der Waals surface area contributed by atoms with Gasteiger partial charge in [0.25, 0.3) is 0 Å². The van der Waals surface area contributed by atoms with Gasteiger partial charge < -0.3 is 0 Å². The van der Waals surface area contributed by atoms with Crippen molar-refractivity contribution in [3.05, 3.63) is 59.4 Å². The Morgan fingerprint density at radius 2 is 1.71 bits per heavy atom. The zero-order valence-corrected chi connectivity index (χ0v) is 18.7. The summed E-state index contributed by atoms with van der Waals surface area (Å²) in [6, 6.07) is 11.9. The summed E-state index contributed by atoms with van der Waals surface area (Å²) in [6.07, 6.45) is 21.7. The van der Waals surface area contributed by atoms with E-state index < -0.39 is 5.83 Å². The molecule has 0 spiro atoms. The van der Waals surface area contributed by atoms with Crippen molar-refractivity contribution in [1.29, 1.82) is 10.5 Å². The minimum Gasteiger partial charge on any atom is -0.195 e. The molecule has 1 aromatic rings. The number of hydrogen-bond acceptors (Lipinski definition) is 2. The maximum Gasteiger partial charge on any atom is 0.199 e. The molecular weight excluding hydrogens is 383 g/mol. The van der Waals surface area contributed by atoms with Crippen LogP contribution in [0.1, 0.15) is 101 Å². The van der Waals surface area contributed by atoms with Gasteiger partial charge in [0.05, 0.1) is 11.6 Å². The van der Waals surface area contributed by atoms with Crippen LogP contribution in [0.2, 0.25) is 0 Å². The van der Waals surface area contributed by atoms with E-state index in [-0.39, 0.29) is 5.41 Å². The molecule has 2 aliphatic carbocycles. The van der Waals surface area contributed by atoms with E-state index in [4.69, 9.17) is 10.5 Å². The van der Waals surface area contributed by atoms with E-state index in [9.17, 15) is 4.39 Å². The van der Waals surface area contributed by atoms with Gasteiger partial charge in [-0.25, -0.2) is 0 Å². The summed E-state index contributed by atoms with van der Waals surface area (Å²) >= 11 is 0.